The van der Waals surface area contributed by atoms with E-state index in [1.54, 1.807) is 4.68 Å². The normalized spacial score (nSPS) is 17.4. The summed E-state index contributed by atoms with van der Waals surface area (Å²) in [6.07, 6.45) is 2.63. The van der Waals surface area contributed by atoms with Gasteiger partial charge in [0.1, 0.15) is 5.69 Å². The number of nitrogens with one attached hydrogen (secondary N) is 1. The largest absolute Gasteiger partial charge is 0.350 e. The van der Waals surface area contributed by atoms with Crippen LogP contribution in [0.3, 0.4) is 0 Å². The maximum absolute atomic E-state index is 12.2. The quantitative estimate of drug-likeness (QED) is 0.861. The molecule has 1 saturated heterocycles. The lowest BCUT2D eigenvalue weighted by Crippen LogP contribution is -2.35. The third kappa shape index (κ3) is 3.82. The molecule has 5 heteroatoms. The Balaban J connectivity index is 1.81. The Morgan fingerprint density at radius 1 is 1.45 bits per heavy atom. The Hall–Kier alpha value is -1.36. The van der Waals surface area contributed by atoms with Crippen LogP contribution in [0.2, 0.25) is 0 Å². The zero-order valence-corrected chi connectivity index (χ0v) is 12.9. The minimum Gasteiger partial charge on any atom is -0.350 e. The number of hydrogen-bond acceptors (Lipinski definition) is 3. The van der Waals surface area contributed by atoms with Crippen molar-refractivity contribution in [3.8, 4) is 0 Å². The van der Waals surface area contributed by atoms with Crippen molar-refractivity contribution in [1.82, 2.24) is 20.0 Å². The molecule has 0 aliphatic carbocycles. The summed E-state index contributed by atoms with van der Waals surface area (Å²) in [4.78, 5) is 14.7. The molecule has 1 unspecified atom stereocenters. The highest BCUT2D eigenvalue weighted by molar-refractivity contribution is 5.92. The van der Waals surface area contributed by atoms with Crippen molar-refractivity contribution in [3.63, 3.8) is 0 Å². The molecule has 0 aromatic carbocycles. The van der Waals surface area contributed by atoms with Gasteiger partial charge in [0, 0.05) is 19.6 Å². The summed E-state index contributed by atoms with van der Waals surface area (Å²) in [6.45, 7) is 11.1. The van der Waals surface area contributed by atoms with Gasteiger partial charge in [-0.15, -0.1) is 0 Å². The van der Waals surface area contributed by atoms with Crippen LogP contribution in [-0.2, 0) is 6.54 Å². The van der Waals surface area contributed by atoms with Crippen LogP contribution in [0.15, 0.2) is 6.07 Å². The molecule has 1 N–H and O–H groups in total. The molecule has 1 aromatic heterocycles. The second-order valence-electron chi connectivity index (χ2n) is 5.81. The van der Waals surface area contributed by atoms with Crippen molar-refractivity contribution in [3.05, 3.63) is 17.5 Å². The first-order chi connectivity index (χ1) is 9.60. The predicted molar refractivity (Wildman–Crippen MR) is 79.8 cm³/mol. The van der Waals surface area contributed by atoms with Gasteiger partial charge in [0.15, 0.2) is 0 Å². The maximum Gasteiger partial charge on any atom is 0.269 e. The first-order valence-corrected chi connectivity index (χ1v) is 7.65. The van der Waals surface area contributed by atoms with Crippen LogP contribution in [0.25, 0.3) is 0 Å². The minimum absolute atomic E-state index is 0.0132. The molecule has 20 heavy (non-hydrogen) atoms. The standard InChI is InChI=1S/C15H26N4O/c1-4-19-14(9-13(3)17-19)15(20)16-10-12(2)11-18-7-5-6-8-18/h9,12H,4-8,10-11H2,1-3H3,(H,16,20). The lowest BCUT2D eigenvalue weighted by molar-refractivity contribution is 0.0934. The van der Waals surface area contributed by atoms with E-state index in [0.717, 1.165) is 25.3 Å². The van der Waals surface area contributed by atoms with Crippen LogP contribution >= 0.6 is 0 Å². The fourth-order valence-electron chi connectivity index (χ4n) is 2.80. The molecule has 1 fully saturated rings. The SMILES string of the molecule is CCn1nc(C)cc1C(=O)NCC(C)CN1CCCC1. The van der Waals surface area contributed by atoms with Gasteiger partial charge < -0.3 is 10.2 Å². The first-order valence-electron chi connectivity index (χ1n) is 7.65. The molecule has 0 spiro atoms. The van der Waals surface area contributed by atoms with Crippen molar-refractivity contribution in [1.29, 1.82) is 0 Å². The molecular formula is C15H26N4O. The van der Waals surface area contributed by atoms with Gasteiger partial charge >= 0.3 is 0 Å². The van der Waals surface area contributed by atoms with E-state index in [2.05, 4.69) is 22.2 Å². The molecule has 2 rings (SSSR count). The van der Waals surface area contributed by atoms with E-state index in [4.69, 9.17) is 0 Å². The van der Waals surface area contributed by atoms with Crippen molar-refractivity contribution in [2.45, 2.75) is 40.2 Å². The smallest absolute Gasteiger partial charge is 0.269 e. The molecule has 0 bridgehead atoms. The van der Waals surface area contributed by atoms with Gasteiger partial charge in [0.2, 0.25) is 0 Å². The van der Waals surface area contributed by atoms with Crippen molar-refractivity contribution < 1.29 is 4.79 Å². The number of aromatic nitrogens is 2. The number of carbonyl (C=O) groups is 1. The van der Waals surface area contributed by atoms with E-state index in [0.29, 0.717) is 11.6 Å². The van der Waals surface area contributed by atoms with E-state index in [1.807, 2.05) is 19.9 Å². The lowest BCUT2D eigenvalue weighted by atomic mass is 10.1. The summed E-state index contributed by atoms with van der Waals surface area (Å²) in [5, 5.41) is 7.34. The Morgan fingerprint density at radius 3 is 2.80 bits per heavy atom. The highest BCUT2D eigenvalue weighted by Gasteiger charge is 2.17. The average Bonchev–Trinajstić information content (AvgIpc) is 3.05. The van der Waals surface area contributed by atoms with Gasteiger partial charge in [-0.05, 0) is 51.8 Å². The van der Waals surface area contributed by atoms with Gasteiger partial charge in [-0.1, -0.05) is 6.92 Å². The van der Waals surface area contributed by atoms with Gasteiger partial charge in [0.05, 0.1) is 5.69 Å². The highest BCUT2D eigenvalue weighted by Crippen LogP contribution is 2.10. The fourth-order valence-corrected chi connectivity index (χ4v) is 2.80. The number of carbonyl (C=O) groups excluding carboxylic acids is 1. The summed E-state index contributed by atoms with van der Waals surface area (Å²) in [6, 6.07) is 1.85. The van der Waals surface area contributed by atoms with Crippen molar-refractivity contribution >= 4 is 5.91 Å². The second kappa shape index (κ2) is 6.88. The number of aryl methyl sites for hydroxylation is 2. The monoisotopic (exact) mass is 278 g/mol. The van der Waals surface area contributed by atoms with E-state index < -0.39 is 0 Å². The Morgan fingerprint density at radius 2 is 2.15 bits per heavy atom. The average molecular weight is 278 g/mol. The predicted octanol–water partition coefficient (Wildman–Crippen LogP) is 1.67. The molecule has 1 aliphatic rings. The zero-order chi connectivity index (χ0) is 14.5. The summed E-state index contributed by atoms with van der Waals surface area (Å²) in [7, 11) is 0. The minimum atomic E-state index is -0.0132. The fraction of sp³-hybridized carbons (Fsp3) is 0.733. The number of amides is 1. The molecule has 0 radical (unpaired) electrons. The third-order valence-corrected chi connectivity index (χ3v) is 3.81. The van der Waals surface area contributed by atoms with Crippen LogP contribution in [0.4, 0.5) is 0 Å². The lowest BCUT2D eigenvalue weighted by Gasteiger charge is -2.20. The van der Waals surface area contributed by atoms with Gasteiger partial charge in [0.25, 0.3) is 5.91 Å². The summed E-state index contributed by atoms with van der Waals surface area (Å²) < 4.78 is 1.76. The Bertz CT molecular complexity index is 449. The maximum atomic E-state index is 12.2. The van der Waals surface area contributed by atoms with Crippen LogP contribution in [0.1, 0.15) is 42.9 Å². The van der Waals surface area contributed by atoms with Gasteiger partial charge in [-0.25, -0.2) is 0 Å². The molecule has 2 heterocycles. The second-order valence-corrected chi connectivity index (χ2v) is 5.81. The van der Waals surface area contributed by atoms with E-state index in [-0.39, 0.29) is 5.91 Å². The summed E-state index contributed by atoms with van der Waals surface area (Å²) in [5.41, 5.74) is 1.56. The summed E-state index contributed by atoms with van der Waals surface area (Å²) in [5.74, 6) is 0.469. The Kier molecular flexibility index (Phi) is 5.17. The van der Waals surface area contributed by atoms with E-state index in [9.17, 15) is 4.79 Å². The number of likely N-dealkylation sites (tertiary alicyclic amines) is 1. The van der Waals surface area contributed by atoms with Crippen molar-refractivity contribution in [2.24, 2.45) is 5.92 Å². The molecule has 112 valence electrons. The molecule has 1 aliphatic heterocycles. The molecule has 0 saturated carbocycles. The molecule has 1 aromatic rings. The van der Waals surface area contributed by atoms with Gasteiger partial charge in [-0.2, -0.15) is 5.10 Å². The van der Waals surface area contributed by atoms with E-state index >= 15 is 0 Å². The molecule has 1 amide bonds. The van der Waals surface area contributed by atoms with Crippen LogP contribution in [0, 0.1) is 12.8 Å². The number of nitrogens with zero attached hydrogens (tertiary/aromatic N) is 3. The number of rotatable bonds is 6. The summed E-state index contributed by atoms with van der Waals surface area (Å²) >= 11 is 0. The van der Waals surface area contributed by atoms with Crippen LogP contribution in [-0.4, -0.2) is 46.8 Å². The zero-order valence-electron chi connectivity index (χ0n) is 12.9. The van der Waals surface area contributed by atoms with E-state index in [1.165, 1.54) is 25.9 Å². The van der Waals surface area contributed by atoms with Crippen molar-refractivity contribution in [2.75, 3.05) is 26.2 Å². The first kappa shape index (κ1) is 15.0. The Labute approximate surface area is 121 Å². The van der Waals surface area contributed by atoms with Crippen LogP contribution in [0.5, 0.6) is 0 Å². The van der Waals surface area contributed by atoms with Crippen LogP contribution < -0.4 is 5.32 Å². The molecule has 1 atom stereocenters. The van der Waals surface area contributed by atoms with Gasteiger partial charge in [-0.3, -0.25) is 9.48 Å². The number of hydrogen-bond donors (Lipinski definition) is 1. The highest BCUT2D eigenvalue weighted by atomic mass is 16.2. The molecular weight excluding hydrogens is 252 g/mol. The third-order valence-electron chi connectivity index (χ3n) is 3.81. The molecule has 5 nitrogen and oxygen atoms in total. The topological polar surface area (TPSA) is 50.2 Å².